The molecule has 1 aliphatic rings. The zero-order valence-corrected chi connectivity index (χ0v) is 24.3. The topological polar surface area (TPSA) is 89.9 Å². The lowest BCUT2D eigenvalue weighted by atomic mass is 9.99. The second-order valence-electron chi connectivity index (χ2n) is 11.1. The molecule has 0 bridgehead atoms. The van der Waals surface area contributed by atoms with Gasteiger partial charge in [-0.2, -0.15) is 10.5 Å². The van der Waals surface area contributed by atoms with Crippen molar-refractivity contribution in [2.75, 3.05) is 4.90 Å². The van der Waals surface area contributed by atoms with Crippen molar-refractivity contribution >= 4 is 39.3 Å². The number of para-hydroxylation sites is 3. The van der Waals surface area contributed by atoms with E-state index in [-0.39, 0.29) is 11.8 Å². The van der Waals surface area contributed by atoms with Crippen LogP contribution in [0.5, 0.6) is 0 Å². The van der Waals surface area contributed by atoms with Gasteiger partial charge in [0.05, 0.1) is 56.8 Å². The van der Waals surface area contributed by atoms with Crippen LogP contribution in [0.1, 0.15) is 31.8 Å². The van der Waals surface area contributed by atoms with Crippen LogP contribution in [0.2, 0.25) is 0 Å². The molecule has 0 N–H and O–H groups in total. The molecule has 0 atom stereocenters. The molecule has 0 spiro atoms. The van der Waals surface area contributed by atoms with Crippen LogP contribution in [0.3, 0.4) is 0 Å². The van der Waals surface area contributed by atoms with Crippen molar-refractivity contribution in [1.29, 1.82) is 10.5 Å². The Morgan fingerprint density at radius 3 is 1.50 bits per heavy atom. The summed E-state index contributed by atoms with van der Waals surface area (Å²) < 4.78 is 2.10. The van der Waals surface area contributed by atoms with E-state index in [1.54, 1.807) is 54.6 Å². The number of benzene rings is 6. The number of aromatic nitrogens is 1. The average Bonchev–Trinajstić information content (AvgIpc) is 3.59. The minimum absolute atomic E-state index is 0.333. The lowest BCUT2D eigenvalue weighted by molar-refractivity contribution is 0.0926. The summed E-state index contributed by atoms with van der Waals surface area (Å²) in [5.41, 5.74) is 8.30. The molecule has 6 heteroatoms. The normalized spacial score (nSPS) is 12.3. The van der Waals surface area contributed by atoms with E-state index in [1.807, 2.05) is 66.7 Å². The molecule has 6 aromatic carbocycles. The van der Waals surface area contributed by atoms with E-state index in [9.17, 15) is 20.1 Å². The molecule has 0 aliphatic carbocycles. The van der Waals surface area contributed by atoms with Gasteiger partial charge in [-0.3, -0.25) is 9.59 Å². The standard InChI is InChI=1S/C40H22N4O2/c41-23-25-15-19-27(20-16-25)30-9-4-11-32-33-12-5-10-31(28-21-17-26(24-42)18-22-28)38(33)44(37(30)32)35-14-6-13-34-36(35)40(46)43(39(34)45)29-7-2-1-3-8-29/h1-22H. The van der Waals surface area contributed by atoms with Crippen molar-refractivity contribution in [1.82, 2.24) is 4.57 Å². The summed E-state index contributed by atoms with van der Waals surface area (Å²) in [6, 6.07) is 45.9. The third-order valence-electron chi connectivity index (χ3n) is 8.61. The Morgan fingerprint density at radius 2 is 0.978 bits per heavy atom. The van der Waals surface area contributed by atoms with E-state index in [0.717, 1.165) is 44.1 Å². The summed E-state index contributed by atoms with van der Waals surface area (Å²) in [6.45, 7) is 0. The minimum atomic E-state index is -0.386. The van der Waals surface area contributed by atoms with E-state index in [0.29, 0.717) is 33.6 Å². The van der Waals surface area contributed by atoms with E-state index < -0.39 is 0 Å². The largest absolute Gasteiger partial charge is 0.307 e. The van der Waals surface area contributed by atoms with E-state index in [2.05, 4.69) is 28.8 Å². The van der Waals surface area contributed by atoms with Gasteiger partial charge in [0.25, 0.3) is 11.8 Å². The van der Waals surface area contributed by atoms with Gasteiger partial charge in [0.15, 0.2) is 0 Å². The summed E-state index contributed by atoms with van der Waals surface area (Å²) >= 11 is 0. The van der Waals surface area contributed by atoms with Gasteiger partial charge in [0.1, 0.15) is 0 Å². The van der Waals surface area contributed by atoms with Crippen molar-refractivity contribution in [2.24, 2.45) is 0 Å². The number of rotatable bonds is 4. The summed E-state index contributed by atoms with van der Waals surface area (Å²) in [4.78, 5) is 29.3. The first kappa shape index (κ1) is 26.8. The highest BCUT2D eigenvalue weighted by Crippen LogP contribution is 2.44. The van der Waals surface area contributed by atoms with Crippen LogP contribution >= 0.6 is 0 Å². The molecule has 8 rings (SSSR count). The summed E-state index contributed by atoms with van der Waals surface area (Å²) in [5.74, 6) is -0.753. The molecule has 1 aliphatic heterocycles. The number of carbonyl (C=O) groups excluding carboxylic acids is 2. The summed E-state index contributed by atoms with van der Waals surface area (Å²) in [6.07, 6.45) is 0. The molecule has 0 saturated carbocycles. The molecule has 6 nitrogen and oxygen atoms in total. The Kier molecular flexibility index (Phi) is 6.10. The highest BCUT2D eigenvalue weighted by Gasteiger charge is 2.39. The Morgan fingerprint density at radius 1 is 0.478 bits per heavy atom. The molecule has 1 aromatic heterocycles. The Labute approximate surface area is 264 Å². The maximum atomic E-state index is 14.3. The van der Waals surface area contributed by atoms with Crippen LogP contribution in [0, 0.1) is 22.7 Å². The van der Waals surface area contributed by atoms with Crippen LogP contribution in [0.15, 0.2) is 133 Å². The minimum Gasteiger partial charge on any atom is -0.307 e. The molecular formula is C40H22N4O2. The number of hydrogen-bond donors (Lipinski definition) is 0. The lowest BCUT2D eigenvalue weighted by Gasteiger charge is -2.17. The summed E-state index contributed by atoms with van der Waals surface area (Å²) in [7, 11) is 0. The predicted octanol–water partition coefficient (Wildman–Crippen LogP) is 8.66. The first-order chi connectivity index (χ1) is 22.6. The average molecular weight is 591 g/mol. The number of nitriles is 2. The molecule has 2 heterocycles. The monoisotopic (exact) mass is 590 g/mol. The van der Waals surface area contributed by atoms with Gasteiger partial charge >= 0.3 is 0 Å². The number of nitrogens with zero attached hydrogens (tertiary/aromatic N) is 4. The van der Waals surface area contributed by atoms with Gasteiger partial charge in [0.2, 0.25) is 0 Å². The van der Waals surface area contributed by atoms with Gasteiger partial charge in [-0.15, -0.1) is 0 Å². The number of amides is 2. The second kappa shape index (κ2) is 10.4. The molecule has 46 heavy (non-hydrogen) atoms. The number of hydrogen-bond acceptors (Lipinski definition) is 4. The third-order valence-corrected chi connectivity index (χ3v) is 8.61. The first-order valence-electron chi connectivity index (χ1n) is 14.7. The predicted molar refractivity (Wildman–Crippen MR) is 179 cm³/mol. The van der Waals surface area contributed by atoms with Crippen molar-refractivity contribution in [2.45, 2.75) is 0 Å². The second-order valence-corrected chi connectivity index (χ2v) is 11.1. The van der Waals surface area contributed by atoms with Crippen LogP contribution in [-0.2, 0) is 0 Å². The van der Waals surface area contributed by atoms with Gasteiger partial charge in [-0.1, -0.05) is 84.9 Å². The quantitative estimate of drug-likeness (QED) is 0.192. The zero-order valence-electron chi connectivity index (χ0n) is 24.3. The molecule has 0 saturated heterocycles. The van der Waals surface area contributed by atoms with Gasteiger partial charge in [-0.05, 0) is 59.7 Å². The molecule has 0 fully saturated rings. The number of carbonyl (C=O) groups is 2. The van der Waals surface area contributed by atoms with Crippen LogP contribution in [0.4, 0.5) is 5.69 Å². The van der Waals surface area contributed by atoms with Crippen molar-refractivity contribution in [3.05, 3.63) is 156 Å². The van der Waals surface area contributed by atoms with Gasteiger partial charge in [-0.25, -0.2) is 4.90 Å². The van der Waals surface area contributed by atoms with Crippen molar-refractivity contribution in [3.63, 3.8) is 0 Å². The maximum absolute atomic E-state index is 14.3. The fourth-order valence-electron chi connectivity index (χ4n) is 6.54. The van der Waals surface area contributed by atoms with Crippen LogP contribution in [-0.4, -0.2) is 16.4 Å². The number of fused-ring (bicyclic) bond motifs is 4. The fraction of sp³-hybridized carbons (Fsp3) is 0. The first-order valence-corrected chi connectivity index (χ1v) is 14.7. The van der Waals surface area contributed by atoms with Gasteiger partial charge in [0, 0.05) is 21.9 Å². The SMILES string of the molecule is N#Cc1ccc(-c2cccc3c4cccc(-c5ccc(C#N)cc5)c4n(-c4cccc5c4C(=O)N(c4ccccc4)C5=O)c23)cc1. The van der Waals surface area contributed by atoms with Crippen LogP contribution < -0.4 is 4.90 Å². The van der Waals surface area contributed by atoms with E-state index in [4.69, 9.17) is 0 Å². The maximum Gasteiger partial charge on any atom is 0.268 e. The number of anilines is 1. The number of imide groups is 1. The molecule has 0 radical (unpaired) electrons. The lowest BCUT2D eigenvalue weighted by Crippen LogP contribution is -2.29. The van der Waals surface area contributed by atoms with Gasteiger partial charge < -0.3 is 4.57 Å². The third kappa shape index (κ3) is 3.95. The smallest absolute Gasteiger partial charge is 0.268 e. The molecule has 7 aromatic rings. The highest BCUT2D eigenvalue weighted by molar-refractivity contribution is 6.36. The van der Waals surface area contributed by atoms with E-state index in [1.165, 1.54) is 4.90 Å². The Bertz CT molecular complexity index is 2350. The van der Waals surface area contributed by atoms with Crippen molar-refractivity contribution in [3.8, 4) is 40.1 Å². The highest BCUT2D eigenvalue weighted by atomic mass is 16.2. The summed E-state index contributed by atoms with van der Waals surface area (Å²) in [5, 5.41) is 20.8. The molecule has 2 amide bonds. The molecule has 214 valence electrons. The molecule has 0 unspecified atom stereocenters. The van der Waals surface area contributed by atoms with Crippen LogP contribution in [0.25, 0.3) is 49.7 Å². The Hall–Kier alpha value is -6.76. The Balaban J connectivity index is 1.49. The van der Waals surface area contributed by atoms with E-state index >= 15 is 0 Å². The molecular weight excluding hydrogens is 568 g/mol. The van der Waals surface area contributed by atoms with Crippen molar-refractivity contribution < 1.29 is 9.59 Å². The zero-order chi connectivity index (χ0) is 31.4. The fourth-order valence-corrected chi connectivity index (χ4v) is 6.54.